The number of rotatable bonds is 7. The number of hydrogen-bond donors (Lipinski definition) is 0. The average Bonchev–Trinajstić information content (AvgIpc) is 2.91. The number of nitro benzene ring substituents is 1. The molecule has 0 fully saturated rings. The maximum atomic E-state index is 13.0. The molecule has 0 bridgehead atoms. The summed E-state index contributed by atoms with van der Waals surface area (Å²) in [5.74, 6) is 0.0573. The van der Waals surface area contributed by atoms with E-state index in [2.05, 4.69) is 0 Å². The van der Waals surface area contributed by atoms with E-state index in [-0.39, 0.29) is 23.4 Å². The molecular formula is C21H20N2O4S. The van der Waals surface area contributed by atoms with Crippen molar-refractivity contribution < 1.29 is 14.5 Å². The zero-order chi connectivity index (χ0) is 20.3. The van der Waals surface area contributed by atoms with Gasteiger partial charge >= 0.3 is 0 Å². The van der Waals surface area contributed by atoms with Crippen LogP contribution in [0.5, 0.6) is 0 Å². The molecule has 1 aliphatic heterocycles. The summed E-state index contributed by atoms with van der Waals surface area (Å²) in [7, 11) is 0. The molecule has 0 saturated heterocycles. The summed E-state index contributed by atoms with van der Waals surface area (Å²) >= 11 is 1.33. The van der Waals surface area contributed by atoms with E-state index < -0.39 is 4.92 Å². The van der Waals surface area contributed by atoms with Crippen molar-refractivity contribution in [1.82, 2.24) is 4.90 Å². The molecule has 144 valence electrons. The van der Waals surface area contributed by atoms with Crippen LogP contribution >= 0.6 is 11.8 Å². The maximum Gasteiger partial charge on any atom is 0.269 e. The number of imide groups is 1. The highest BCUT2D eigenvalue weighted by Gasteiger charge is 2.39. The van der Waals surface area contributed by atoms with Crippen molar-refractivity contribution in [2.24, 2.45) is 5.92 Å². The van der Waals surface area contributed by atoms with Gasteiger partial charge in [-0.25, -0.2) is 0 Å². The second-order valence-electron chi connectivity index (χ2n) is 6.90. The topological polar surface area (TPSA) is 80.5 Å². The molecule has 0 aliphatic carbocycles. The molecular weight excluding hydrogens is 376 g/mol. The van der Waals surface area contributed by atoms with Gasteiger partial charge in [-0.15, -0.1) is 11.8 Å². The number of carbonyl (C=O) groups is 2. The molecule has 2 aromatic rings. The Morgan fingerprint density at radius 1 is 1.00 bits per heavy atom. The van der Waals surface area contributed by atoms with Crippen molar-refractivity contribution in [3.63, 3.8) is 0 Å². The second-order valence-corrected chi connectivity index (χ2v) is 7.88. The van der Waals surface area contributed by atoms with E-state index in [1.807, 2.05) is 44.2 Å². The predicted octanol–water partition coefficient (Wildman–Crippen LogP) is 4.26. The molecule has 1 heterocycles. The van der Waals surface area contributed by atoms with Crippen LogP contribution in [0.1, 0.15) is 25.0 Å². The smallest absolute Gasteiger partial charge is 0.269 e. The Kier molecular flexibility index (Phi) is 5.94. The molecule has 0 unspecified atom stereocenters. The number of hydrogen-bond acceptors (Lipinski definition) is 5. The summed E-state index contributed by atoms with van der Waals surface area (Å²) < 4.78 is 0. The summed E-state index contributed by atoms with van der Waals surface area (Å²) in [6.45, 7) is 4.23. The normalized spacial score (nSPS) is 14.3. The number of carbonyl (C=O) groups excluding carboxylic acids is 2. The van der Waals surface area contributed by atoms with Gasteiger partial charge in [-0.3, -0.25) is 24.6 Å². The molecule has 0 radical (unpaired) electrons. The number of nitrogens with zero attached hydrogens (tertiary/aromatic N) is 2. The van der Waals surface area contributed by atoms with Crippen molar-refractivity contribution in [3.05, 3.63) is 80.7 Å². The lowest BCUT2D eigenvalue weighted by atomic mass is 10.1. The fraction of sp³-hybridized carbons (Fsp3) is 0.238. The van der Waals surface area contributed by atoms with Gasteiger partial charge < -0.3 is 0 Å². The van der Waals surface area contributed by atoms with E-state index >= 15 is 0 Å². The quantitative estimate of drug-likeness (QED) is 0.397. The fourth-order valence-electron chi connectivity index (χ4n) is 2.95. The largest absolute Gasteiger partial charge is 0.274 e. The van der Waals surface area contributed by atoms with Crippen LogP contribution in [0, 0.1) is 16.0 Å². The Hall–Kier alpha value is -2.93. The Balaban J connectivity index is 1.97. The Morgan fingerprint density at radius 3 is 2.21 bits per heavy atom. The Bertz CT molecular complexity index is 937. The second kappa shape index (κ2) is 8.39. The van der Waals surface area contributed by atoms with Gasteiger partial charge in [0.05, 0.1) is 15.4 Å². The lowest BCUT2D eigenvalue weighted by Crippen LogP contribution is -2.34. The van der Waals surface area contributed by atoms with Gasteiger partial charge in [0.1, 0.15) is 0 Å². The summed E-state index contributed by atoms with van der Waals surface area (Å²) in [5, 5.41) is 10.9. The lowest BCUT2D eigenvalue weighted by molar-refractivity contribution is -0.384. The van der Waals surface area contributed by atoms with Crippen LogP contribution < -0.4 is 0 Å². The minimum Gasteiger partial charge on any atom is -0.274 e. The molecule has 1 aliphatic rings. The highest BCUT2D eigenvalue weighted by Crippen LogP contribution is 2.38. The van der Waals surface area contributed by atoms with Crippen LogP contribution in [0.25, 0.3) is 5.57 Å². The number of benzene rings is 2. The molecule has 0 saturated carbocycles. The molecule has 0 spiro atoms. The zero-order valence-electron chi connectivity index (χ0n) is 15.6. The van der Waals surface area contributed by atoms with E-state index in [1.165, 1.54) is 40.9 Å². The van der Waals surface area contributed by atoms with Gasteiger partial charge in [0.2, 0.25) is 0 Å². The molecule has 3 rings (SSSR count). The molecule has 7 heteroatoms. The van der Waals surface area contributed by atoms with Crippen LogP contribution in [0.4, 0.5) is 5.69 Å². The first-order chi connectivity index (χ1) is 13.4. The number of amides is 2. The van der Waals surface area contributed by atoms with E-state index in [0.717, 1.165) is 5.56 Å². The first-order valence-corrected chi connectivity index (χ1v) is 9.89. The van der Waals surface area contributed by atoms with Gasteiger partial charge in [0.25, 0.3) is 17.5 Å². The molecule has 0 aromatic heterocycles. The predicted molar refractivity (Wildman–Crippen MR) is 109 cm³/mol. The number of nitro groups is 1. The van der Waals surface area contributed by atoms with Crippen LogP contribution in [-0.4, -0.2) is 28.2 Å². The monoisotopic (exact) mass is 396 g/mol. The maximum absolute atomic E-state index is 13.0. The number of non-ortho nitro benzene ring substituents is 1. The fourth-order valence-corrected chi connectivity index (χ4v) is 4.04. The molecule has 0 N–H and O–H groups in total. The van der Waals surface area contributed by atoms with Crippen molar-refractivity contribution >= 4 is 34.8 Å². The molecule has 28 heavy (non-hydrogen) atoms. The lowest BCUT2D eigenvalue weighted by Gasteiger charge is -2.17. The summed E-state index contributed by atoms with van der Waals surface area (Å²) in [4.78, 5) is 38.0. The Morgan fingerprint density at radius 2 is 1.64 bits per heavy atom. The third kappa shape index (κ3) is 4.14. The van der Waals surface area contributed by atoms with Gasteiger partial charge in [-0.2, -0.15) is 0 Å². The Labute approximate surface area is 167 Å². The molecule has 6 nitrogen and oxygen atoms in total. The highest BCUT2D eigenvalue weighted by molar-refractivity contribution is 8.03. The molecule has 0 atom stereocenters. The first-order valence-electron chi connectivity index (χ1n) is 8.90. The minimum atomic E-state index is -0.490. The average molecular weight is 396 g/mol. The third-order valence-electron chi connectivity index (χ3n) is 4.27. The molecule has 2 aromatic carbocycles. The number of thioether (sulfide) groups is 1. The summed E-state index contributed by atoms with van der Waals surface area (Å²) in [5.41, 5.74) is 1.83. The minimum absolute atomic E-state index is 0.0568. The van der Waals surface area contributed by atoms with Gasteiger partial charge in [0, 0.05) is 24.4 Å². The van der Waals surface area contributed by atoms with Crippen molar-refractivity contribution in [1.29, 1.82) is 0 Å². The van der Waals surface area contributed by atoms with Crippen molar-refractivity contribution in [2.75, 3.05) is 6.54 Å². The summed E-state index contributed by atoms with van der Waals surface area (Å²) in [6.07, 6.45) is 0. The molecule has 2 amide bonds. The van der Waals surface area contributed by atoms with E-state index in [0.29, 0.717) is 28.3 Å². The van der Waals surface area contributed by atoms with Crippen molar-refractivity contribution in [3.8, 4) is 0 Å². The third-order valence-corrected chi connectivity index (χ3v) is 5.41. The van der Waals surface area contributed by atoms with Crippen LogP contribution in [0.3, 0.4) is 0 Å². The standard InChI is InChI=1S/C21H20N2O4S/c1-14(2)12-22-20(24)18(16-8-10-17(11-9-16)23(26)27)19(21(22)25)28-13-15-6-4-3-5-7-15/h3-11,14H,12-13H2,1-2H3. The summed E-state index contributed by atoms with van der Waals surface area (Å²) in [6, 6.07) is 15.5. The van der Waals surface area contributed by atoms with E-state index in [4.69, 9.17) is 0 Å². The zero-order valence-corrected chi connectivity index (χ0v) is 16.4. The van der Waals surface area contributed by atoms with E-state index in [9.17, 15) is 19.7 Å². The van der Waals surface area contributed by atoms with E-state index in [1.54, 1.807) is 0 Å². The SMILES string of the molecule is CC(C)CN1C(=O)C(SCc2ccccc2)=C(c2ccc([N+](=O)[O-])cc2)C1=O. The van der Waals surface area contributed by atoms with Crippen LogP contribution in [0.2, 0.25) is 0 Å². The van der Waals surface area contributed by atoms with Crippen molar-refractivity contribution in [2.45, 2.75) is 19.6 Å². The van der Waals surface area contributed by atoms with Gasteiger partial charge in [-0.05, 0) is 29.2 Å². The first kappa shape index (κ1) is 19.8. The highest BCUT2D eigenvalue weighted by atomic mass is 32.2. The van der Waals surface area contributed by atoms with Crippen LogP contribution in [-0.2, 0) is 15.3 Å². The van der Waals surface area contributed by atoms with Crippen LogP contribution in [0.15, 0.2) is 59.5 Å². The van der Waals surface area contributed by atoms with Gasteiger partial charge in [0.15, 0.2) is 0 Å². The van der Waals surface area contributed by atoms with Gasteiger partial charge in [-0.1, -0.05) is 44.2 Å².